The SMILES string of the molecule is Cc1ccc(C2CCCN2S(=O)(=O)c2ccc3c(c2)NC(=O)CO3)cc1. The van der Waals surface area contributed by atoms with E-state index >= 15 is 0 Å². The Morgan fingerprint density at radius 3 is 2.69 bits per heavy atom. The zero-order valence-corrected chi connectivity index (χ0v) is 15.3. The first-order valence-electron chi connectivity index (χ1n) is 8.60. The Kier molecular flexibility index (Phi) is 4.20. The molecule has 1 fully saturated rings. The molecule has 136 valence electrons. The highest BCUT2D eigenvalue weighted by Gasteiger charge is 2.36. The molecular formula is C19H20N2O4S. The van der Waals surface area contributed by atoms with Gasteiger partial charge in [-0.3, -0.25) is 4.79 Å². The maximum atomic E-state index is 13.2. The molecule has 2 aromatic rings. The van der Waals surface area contributed by atoms with Gasteiger partial charge in [0.1, 0.15) is 5.75 Å². The second kappa shape index (κ2) is 6.41. The first-order valence-corrected chi connectivity index (χ1v) is 10.0. The minimum atomic E-state index is -3.67. The van der Waals surface area contributed by atoms with Crippen LogP contribution < -0.4 is 10.1 Å². The van der Waals surface area contributed by atoms with Crippen molar-refractivity contribution in [2.75, 3.05) is 18.5 Å². The van der Waals surface area contributed by atoms with Crippen molar-refractivity contribution in [3.63, 3.8) is 0 Å². The van der Waals surface area contributed by atoms with Gasteiger partial charge < -0.3 is 10.1 Å². The number of sulfonamides is 1. The lowest BCUT2D eigenvalue weighted by Gasteiger charge is -2.25. The molecule has 0 aromatic heterocycles. The zero-order chi connectivity index (χ0) is 18.3. The molecule has 2 aliphatic rings. The largest absolute Gasteiger partial charge is 0.482 e. The monoisotopic (exact) mass is 372 g/mol. The van der Waals surface area contributed by atoms with E-state index in [1.165, 1.54) is 12.1 Å². The van der Waals surface area contributed by atoms with Crippen molar-refractivity contribution >= 4 is 21.6 Å². The van der Waals surface area contributed by atoms with Crippen molar-refractivity contribution in [2.45, 2.75) is 30.7 Å². The Morgan fingerprint density at radius 1 is 1.15 bits per heavy atom. The molecule has 0 saturated carbocycles. The van der Waals surface area contributed by atoms with Gasteiger partial charge in [-0.05, 0) is 43.5 Å². The van der Waals surface area contributed by atoms with Gasteiger partial charge in [-0.2, -0.15) is 4.31 Å². The van der Waals surface area contributed by atoms with Gasteiger partial charge in [0.05, 0.1) is 16.6 Å². The summed E-state index contributed by atoms with van der Waals surface area (Å²) in [6, 6.07) is 12.4. The van der Waals surface area contributed by atoms with Crippen LogP contribution in [0, 0.1) is 6.92 Å². The van der Waals surface area contributed by atoms with E-state index < -0.39 is 10.0 Å². The van der Waals surface area contributed by atoms with Crippen molar-refractivity contribution in [3.8, 4) is 5.75 Å². The van der Waals surface area contributed by atoms with Crippen molar-refractivity contribution in [1.29, 1.82) is 0 Å². The summed E-state index contributed by atoms with van der Waals surface area (Å²) >= 11 is 0. The van der Waals surface area contributed by atoms with E-state index in [1.54, 1.807) is 10.4 Å². The van der Waals surface area contributed by atoms with Crippen LogP contribution in [0.15, 0.2) is 47.4 Å². The number of amides is 1. The summed E-state index contributed by atoms with van der Waals surface area (Å²) in [5.41, 5.74) is 2.55. The van der Waals surface area contributed by atoms with Crippen molar-refractivity contribution in [2.24, 2.45) is 0 Å². The number of anilines is 1. The number of benzene rings is 2. The third kappa shape index (κ3) is 2.97. The van der Waals surface area contributed by atoms with Gasteiger partial charge in [0, 0.05) is 6.54 Å². The highest BCUT2D eigenvalue weighted by molar-refractivity contribution is 7.89. The summed E-state index contributed by atoms with van der Waals surface area (Å²) in [6.45, 7) is 2.44. The van der Waals surface area contributed by atoms with Crippen molar-refractivity contribution < 1.29 is 17.9 Å². The van der Waals surface area contributed by atoms with E-state index in [0.29, 0.717) is 18.0 Å². The van der Waals surface area contributed by atoms with Crippen molar-refractivity contribution in [3.05, 3.63) is 53.6 Å². The molecule has 2 heterocycles. The fourth-order valence-corrected chi connectivity index (χ4v) is 5.22. The molecule has 4 rings (SSSR count). The molecule has 0 bridgehead atoms. The summed E-state index contributed by atoms with van der Waals surface area (Å²) in [5, 5.41) is 2.67. The predicted molar refractivity (Wildman–Crippen MR) is 97.6 cm³/mol. The van der Waals surface area contributed by atoms with Gasteiger partial charge in [-0.1, -0.05) is 29.8 Å². The zero-order valence-electron chi connectivity index (χ0n) is 14.4. The molecular weight excluding hydrogens is 352 g/mol. The van der Waals surface area contributed by atoms with E-state index in [1.807, 2.05) is 31.2 Å². The first-order chi connectivity index (χ1) is 12.4. The number of carbonyl (C=O) groups is 1. The van der Waals surface area contributed by atoms with Gasteiger partial charge in [0.15, 0.2) is 6.61 Å². The minimum Gasteiger partial charge on any atom is -0.482 e. The van der Waals surface area contributed by atoms with Gasteiger partial charge in [0.2, 0.25) is 10.0 Å². The molecule has 0 spiro atoms. The molecule has 6 nitrogen and oxygen atoms in total. The van der Waals surface area contributed by atoms with E-state index in [0.717, 1.165) is 24.0 Å². The molecule has 7 heteroatoms. The lowest BCUT2D eigenvalue weighted by atomic mass is 10.0. The lowest BCUT2D eigenvalue weighted by Crippen LogP contribution is -2.31. The normalized spacial score (nSPS) is 20.3. The molecule has 1 saturated heterocycles. The quantitative estimate of drug-likeness (QED) is 0.899. The van der Waals surface area contributed by atoms with Gasteiger partial charge in [-0.25, -0.2) is 8.42 Å². The van der Waals surface area contributed by atoms with Crippen molar-refractivity contribution in [1.82, 2.24) is 4.31 Å². The Balaban J connectivity index is 1.68. The maximum absolute atomic E-state index is 13.2. The molecule has 0 aliphatic carbocycles. The van der Waals surface area contributed by atoms with E-state index in [2.05, 4.69) is 5.32 Å². The number of nitrogens with one attached hydrogen (secondary N) is 1. The summed E-state index contributed by atoms with van der Waals surface area (Å²) in [7, 11) is -3.67. The van der Waals surface area contributed by atoms with Gasteiger partial charge in [0.25, 0.3) is 5.91 Å². The Morgan fingerprint density at radius 2 is 1.92 bits per heavy atom. The van der Waals surface area contributed by atoms with Gasteiger partial charge in [-0.15, -0.1) is 0 Å². The molecule has 2 aromatic carbocycles. The number of hydrogen-bond acceptors (Lipinski definition) is 4. The molecule has 1 amide bonds. The molecule has 1 atom stereocenters. The Bertz CT molecular complexity index is 954. The Labute approximate surface area is 152 Å². The Hall–Kier alpha value is -2.38. The van der Waals surface area contributed by atoms with Gasteiger partial charge >= 0.3 is 0 Å². The number of nitrogens with zero attached hydrogens (tertiary/aromatic N) is 1. The first kappa shape index (κ1) is 17.1. The standard InChI is InChI=1S/C19H20N2O4S/c1-13-4-6-14(7-5-13)17-3-2-10-21(17)26(23,24)15-8-9-18-16(11-15)20-19(22)12-25-18/h4-9,11,17H,2-3,10,12H2,1H3,(H,20,22). The van der Waals surface area contributed by atoms with Crippen LogP contribution in [0.4, 0.5) is 5.69 Å². The smallest absolute Gasteiger partial charge is 0.262 e. The number of carbonyl (C=O) groups excluding carboxylic acids is 1. The molecule has 1 unspecified atom stereocenters. The molecule has 1 N–H and O–H groups in total. The van der Waals surface area contributed by atoms with Crippen LogP contribution in [0.2, 0.25) is 0 Å². The highest BCUT2D eigenvalue weighted by atomic mass is 32.2. The fourth-order valence-electron chi connectivity index (χ4n) is 3.51. The third-order valence-corrected chi connectivity index (χ3v) is 6.76. The molecule has 0 radical (unpaired) electrons. The summed E-state index contributed by atoms with van der Waals surface area (Å²) < 4.78 is 33.3. The van der Waals surface area contributed by atoms with Crippen LogP contribution in [-0.4, -0.2) is 31.8 Å². The van der Waals surface area contributed by atoms with Crippen LogP contribution >= 0.6 is 0 Å². The number of ether oxygens (including phenoxy) is 1. The van der Waals surface area contributed by atoms with E-state index in [-0.39, 0.29) is 23.5 Å². The summed E-state index contributed by atoms with van der Waals surface area (Å²) in [4.78, 5) is 11.7. The lowest BCUT2D eigenvalue weighted by molar-refractivity contribution is -0.118. The van der Waals surface area contributed by atoms with Crippen LogP contribution in [0.25, 0.3) is 0 Å². The maximum Gasteiger partial charge on any atom is 0.262 e. The second-order valence-electron chi connectivity index (χ2n) is 6.68. The molecule has 2 aliphatic heterocycles. The average Bonchev–Trinajstić information content (AvgIpc) is 3.12. The summed E-state index contributed by atoms with van der Waals surface area (Å²) in [5.74, 6) is 0.200. The average molecular weight is 372 g/mol. The molecule has 26 heavy (non-hydrogen) atoms. The van der Waals surface area contributed by atoms with Crippen LogP contribution in [0.1, 0.15) is 30.0 Å². The second-order valence-corrected chi connectivity index (χ2v) is 8.57. The summed E-state index contributed by atoms with van der Waals surface area (Å²) in [6.07, 6.45) is 1.62. The minimum absolute atomic E-state index is 0.0548. The topological polar surface area (TPSA) is 75.7 Å². The van der Waals surface area contributed by atoms with Crippen LogP contribution in [0.3, 0.4) is 0 Å². The fraction of sp³-hybridized carbons (Fsp3) is 0.316. The number of fused-ring (bicyclic) bond motifs is 1. The van der Waals surface area contributed by atoms with E-state index in [4.69, 9.17) is 4.74 Å². The van der Waals surface area contributed by atoms with Crippen LogP contribution in [0.5, 0.6) is 5.75 Å². The predicted octanol–water partition coefficient (Wildman–Crippen LogP) is 2.85. The number of rotatable bonds is 3. The van der Waals surface area contributed by atoms with Crippen LogP contribution in [-0.2, 0) is 14.8 Å². The third-order valence-electron chi connectivity index (χ3n) is 4.86. The highest BCUT2D eigenvalue weighted by Crippen LogP contribution is 2.38. The number of aryl methyl sites for hydroxylation is 1. The van der Waals surface area contributed by atoms with E-state index in [9.17, 15) is 13.2 Å². The number of hydrogen-bond donors (Lipinski definition) is 1.